The Labute approximate surface area is 98.9 Å². The van der Waals surface area contributed by atoms with Crippen molar-refractivity contribution >= 4 is 23.1 Å². The Morgan fingerprint density at radius 1 is 1.53 bits per heavy atom. The van der Waals surface area contributed by atoms with Gasteiger partial charge in [0.25, 0.3) is 0 Å². The minimum absolute atomic E-state index is 0.282. The van der Waals surface area contributed by atoms with Crippen molar-refractivity contribution in [3.63, 3.8) is 0 Å². The minimum atomic E-state index is 0.282. The van der Waals surface area contributed by atoms with Crippen LogP contribution in [0.15, 0.2) is 11.4 Å². The van der Waals surface area contributed by atoms with Crippen LogP contribution in [0.2, 0.25) is 0 Å². The number of hydrogen-bond donors (Lipinski definition) is 2. The highest BCUT2D eigenvalue weighted by atomic mass is 32.2. The average Bonchev–Trinajstić information content (AvgIpc) is 2.69. The van der Waals surface area contributed by atoms with Gasteiger partial charge in [-0.25, -0.2) is 0 Å². The summed E-state index contributed by atoms with van der Waals surface area (Å²) in [4.78, 5) is 1.33. The van der Waals surface area contributed by atoms with Crippen LogP contribution in [0, 0.1) is 11.8 Å². The standard InChI is InChI=1S/C11H15NOS2/c12-4-1-3-10-7-11(15-8-10)9-14-6-2-5-13/h7-8,13H,2,4-6,9,12H2. The molecule has 0 bridgehead atoms. The van der Waals surface area contributed by atoms with Crippen LogP contribution in [0.3, 0.4) is 0 Å². The van der Waals surface area contributed by atoms with Crippen molar-refractivity contribution in [2.24, 2.45) is 5.73 Å². The van der Waals surface area contributed by atoms with Crippen molar-refractivity contribution in [2.75, 3.05) is 18.9 Å². The first-order valence-electron chi connectivity index (χ1n) is 4.81. The third kappa shape index (κ3) is 5.24. The fourth-order valence-corrected chi connectivity index (χ4v) is 2.90. The van der Waals surface area contributed by atoms with E-state index >= 15 is 0 Å². The van der Waals surface area contributed by atoms with Crippen molar-refractivity contribution in [2.45, 2.75) is 12.2 Å². The summed E-state index contributed by atoms with van der Waals surface area (Å²) in [5.41, 5.74) is 6.36. The lowest BCUT2D eigenvalue weighted by molar-refractivity contribution is 0.296. The first kappa shape index (κ1) is 12.6. The second-order valence-corrected chi connectivity index (χ2v) is 5.04. The fraction of sp³-hybridized carbons (Fsp3) is 0.455. The van der Waals surface area contributed by atoms with Gasteiger partial charge in [0.15, 0.2) is 0 Å². The molecule has 0 atom stereocenters. The van der Waals surface area contributed by atoms with Crippen molar-refractivity contribution in [1.82, 2.24) is 0 Å². The Kier molecular flexibility index (Phi) is 6.53. The Morgan fingerprint density at radius 2 is 2.40 bits per heavy atom. The molecule has 0 saturated heterocycles. The molecule has 3 N–H and O–H groups in total. The number of nitrogens with two attached hydrogens (primary N) is 1. The summed E-state index contributed by atoms with van der Waals surface area (Å²) in [6.45, 7) is 0.696. The number of thioether (sulfide) groups is 1. The Hall–Kier alpha value is -0.470. The van der Waals surface area contributed by atoms with E-state index in [4.69, 9.17) is 10.8 Å². The molecular weight excluding hydrogens is 226 g/mol. The monoisotopic (exact) mass is 241 g/mol. The molecule has 0 saturated carbocycles. The van der Waals surface area contributed by atoms with Gasteiger partial charge in [0.1, 0.15) is 0 Å². The lowest BCUT2D eigenvalue weighted by atomic mass is 10.3. The Bertz CT molecular complexity index is 338. The predicted octanol–water partition coefficient (Wildman–Crippen LogP) is 1.67. The van der Waals surface area contributed by atoms with Crippen molar-refractivity contribution < 1.29 is 5.11 Å². The van der Waals surface area contributed by atoms with Crippen LogP contribution in [0.5, 0.6) is 0 Å². The number of hydrogen-bond acceptors (Lipinski definition) is 4. The van der Waals surface area contributed by atoms with Gasteiger partial charge in [-0.1, -0.05) is 11.8 Å². The maximum Gasteiger partial charge on any atom is 0.0555 e. The van der Waals surface area contributed by atoms with E-state index in [1.807, 2.05) is 11.8 Å². The highest BCUT2D eigenvalue weighted by Gasteiger charge is 1.97. The van der Waals surface area contributed by atoms with E-state index in [0.29, 0.717) is 6.54 Å². The van der Waals surface area contributed by atoms with Gasteiger partial charge in [0, 0.05) is 28.2 Å². The van der Waals surface area contributed by atoms with Gasteiger partial charge in [0.2, 0.25) is 0 Å². The van der Waals surface area contributed by atoms with Gasteiger partial charge in [0.05, 0.1) is 6.54 Å². The predicted molar refractivity (Wildman–Crippen MR) is 68.1 cm³/mol. The van der Waals surface area contributed by atoms with Gasteiger partial charge < -0.3 is 10.8 Å². The van der Waals surface area contributed by atoms with E-state index in [9.17, 15) is 0 Å². The molecule has 0 aliphatic carbocycles. The molecule has 0 aliphatic rings. The van der Waals surface area contributed by atoms with Gasteiger partial charge in [-0.3, -0.25) is 0 Å². The molecule has 15 heavy (non-hydrogen) atoms. The summed E-state index contributed by atoms with van der Waals surface area (Å²) in [6, 6.07) is 2.11. The highest BCUT2D eigenvalue weighted by molar-refractivity contribution is 7.98. The molecule has 1 aromatic heterocycles. The van der Waals surface area contributed by atoms with E-state index < -0.39 is 0 Å². The lowest BCUT2D eigenvalue weighted by Gasteiger charge is -1.96. The molecule has 1 heterocycles. The van der Waals surface area contributed by atoms with Crippen molar-refractivity contribution in [1.29, 1.82) is 0 Å². The molecular formula is C11H15NOS2. The van der Waals surface area contributed by atoms with Crippen LogP contribution in [0.25, 0.3) is 0 Å². The van der Waals surface area contributed by atoms with Gasteiger partial charge in [-0.2, -0.15) is 11.8 Å². The first-order valence-corrected chi connectivity index (χ1v) is 6.85. The smallest absolute Gasteiger partial charge is 0.0555 e. The fourth-order valence-electron chi connectivity index (χ4n) is 1.01. The molecule has 0 fully saturated rings. The van der Waals surface area contributed by atoms with E-state index in [2.05, 4.69) is 23.3 Å². The zero-order chi connectivity index (χ0) is 10.9. The lowest BCUT2D eigenvalue weighted by Crippen LogP contribution is -1.92. The minimum Gasteiger partial charge on any atom is -0.396 e. The summed E-state index contributed by atoms with van der Waals surface area (Å²) < 4.78 is 0. The second-order valence-electron chi connectivity index (χ2n) is 2.94. The maximum absolute atomic E-state index is 8.62. The molecule has 82 valence electrons. The van der Waals surface area contributed by atoms with E-state index in [0.717, 1.165) is 23.5 Å². The third-order valence-corrected chi connectivity index (χ3v) is 3.89. The van der Waals surface area contributed by atoms with Crippen molar-refractivity contribution in [3.8, 4) is 11.8 Å². The van der Waals surface area contributed by atoms with Gasteiger partial charge in [-0.15, -0.1) is 11.3 Å². The van der Waals surface area contributed by atoms with Crippen LogP contribution >= 0.6 is 23.1 Å². The number of thiophene rings is 1. The van der Waals surface area contributed by atoms with Crippen LogP contribution in [0.1, 0.15) is 16.9 Å². The van der Waals surface area contributed by atoms with Crippen LogP contribution in [-0.2, 0) is 5.75 Å². The Morgan fingerprint density at radius 3 is 3.13 bits per heavy atom. The molecule has 4 heteroatoms. The number of aliphatic hydroxyl groups excluding tert-OH is 1. The number of rotatable bonds is 5. The van der Waals surface area contributed by atoms with E-state index in [-0.39, 0.29) is 6.61 Å². The third-order valence-electron chi connectivity index (χ3n) is 1.68. The molecule has 0 aromatic carbocycles. The van der Waals surface area contributed by atoms with Crippen molar-refractivity contribution in [3.05, 3.63) is 21.9 Å². The zero-order valence-corrected chi connectivity index (χ0v) is 10.2. The van der Waals surface area contributed by atoms with E-state index in [1.54, 1.807) is 11.3 Å². The molecule has 0 aliphatic heterocycles. The first-order chi connectivity index (χ1) is 7.36. The van der Waals surface area contributed by atoms with Crippen LogP contribution in [-0.4, -0.2) is 24.0 Å². The van der Waals surface area contributed by atoms with Gasteiger partial charge in [-0.05, 0) is 18.2 Å². The zero-order valence-electron chi connectivity index (χ0n) is 8.53. The summed E-state index contributed by atoms with van der Waals surface area (Å²) >= 11 is 3.58. The highest BCUT2D eigenvalue weighted by Crippen LogP contribution is 2.20. The quantitative estimate of drug-likeness (QED) is 0.609. The Balaban J connectivity index is 2.33. The molecule has 0 radical (unpaired) electrons. The van der Waals surface area contributed by atoms with Crippen LogP contribution in [0.4, 0.5) is 0 Å². The summed E-state index contributed by atoms with van der Waals surface area (Å²) in [7, 11) is 0. The van der Waals surface area contributed by atoms with Crippen LogP contribution < -0.4 is 5.73 Å². The average molecular weight is 241 g/mol. The molecule has 1 rings (SSSR count). The SMILES string of the molecule is NCC#Cc1csc(CSCCCO)c1. The van der Waals surface area contributed by atoms with Gasteiger partial charge >= 0.3 is 0 Å². The molecule has 0 amide bonds. The largest absolute Gasteiger partial charge is 0.396 e. The molecule has 0 spiro atoms. The summed E-state index contributed by atoms with van der Waals surface area (Å²) in [6.07, 6.45) is 0.871. The molecule has 0 unspecified atom stereocenters. The molecule has 1 aromatic rings. The summed E-state index contributed by atoms with van der Waals surface area (Å²) in [5.74, 6) is 7.87. The maximum atomic E-state index is 8.62. The molecule has 2 nitrogen and oxygen atoms in total. The summed E-state index contributed by atoms with van der Waals surface area (Å²) in [5, 5.41) is 10.7. The normalized spacial score (nSPS) is 9.73. The second kappa shape index (κ2) is 7.77. The van der Waals surface area contributed by atoms with E-state index in [1.165, 1.54) is 4.88 Å². The topological polar surface area (TPSA) is 46.2 Å². The number of aliphatic hydroxyl groups is 1.